The van der Waals surface area contributed by atoms with Gasteiger partial charge in [0.15, 0.2) is 0 Å². The van der Waals surface area contributed by atoms with E-state index in [1.165, 1.54) is 11.6 Å². The first-order valence-electron chi connectivity index (χ1n) is 8.72. The second-order valence-electron chi connectivity index (χ2n) is 6.50. The van der Waals surface area contributed by atoms with Crippen LogP contribution in [-0.2, 0) is 4.74 Å². The van der Waals surface area contributed by atoms with Crippen molar-refractivity contribution in [2.45, 2.75) is 43.7 Å². The Morgan fingerprint density at radius 3 is 2.42 bits per heavy atom. The van der Waals surface area contributed by atoms with Gasteiger partial charge in [-0.2, -0.15) is 0 Å². The minimum atomic E-state index is -0.314. The van der Waals surface area contributed by atoms with Gasteiger partial charge < -0.3 is 14.4 Å². The number of aliphatic hydroxyl groups excluding tert-OH is 1. The third-order valence-corrected chi connectivity index (χ3v) is 4.92. The van der Waals surface area contributed by atoms with E-state index in [2.05, 4.69) is 30.3 Å². The van der Waals surface area contributed by atoms with Crippen molar-refractivity contribution in [1.29, 1.82) is 0 Å². The molecule has 0 amide bonds. The maximum Gasteiger partial charge on any atom is 0.250 e. The van der Waals surface area contributed by atoms with Crippen LogP contribution in [0.15, 0.2) is 59.5 Å². The molecule has 1 aromatic carbocycles. The number of hydrogen-bond donors (Lipinski definition) is 1. The summed E-state index contributed by atoms with van der Waals surface area (Å²) in [7, 11) is 0. The first-order chi connectivity index (χ1) is 11.8. The summed E-state index contributed by atoms with van der Waals surface area (Å²) in [6.07, 6.45) is 6.24. The fourth-order valence-electron chi connectivity index (χ4n) is 3.50. The van der Waals surface area contributed by atoms with Crippen LogP contribution in [0.5, 0.6) is 0 Å². The Balaban J connectivity index is 1.51. The zero-order valence-corrected chi connectivity index (χ0v) is 13.9. The Morgan fingerprint density at radius 2 is 1.75 bits per heavy atom. The van der Waals surface area contributed by atoms with Crippen LogP contribution in [0.3, 0.4) is 0 Å². The Morgan fingerprint density at radius 1 is 1.04 bits per heavy atom. The molecule has 24 heavy (non-hydrogen) atoms. The lowest BCUT2D eigenvalue weighted by atomic mass is 9.83. The average molecular weight is 327 g/mol. The maximum absolute atomic E-state index is 11.9. The topological polar surface area (TPSA) is 51.5 Å². The molecular weight excluding hydrogens is 302 g/mol. The highest BCUT2D eigenvalue weighted by atomic mass is 16.5. The van der Waals surface area contributed by atoms with Crippen LogP contribution in [0.2, 0.25) is 0 Å². The zero-order valence-electron chi connectivity index (χ0n) is 13.9. The van der Waals surface area contributed by atoms with Crippen LogP contribution in [-0.4, -0.2) is 29.0 Å². The largest absolute Gasteiger partial charge is 0.394 e. The molecule has 1 saturated carbocycles. The van der Waals surface area contributed by atoms with E-state index in [0.29, 0.717) is 12.5 Å². The molecule has 1 unspecified atom stereocenters. The van der Waals surface area contributed by atoms with Crippen LogP contribution >= 0.6 is 0 Å². The molecule has 1 aromatic heterocycles. The molecule has 1 heterocycles. The van der Waals surface area contributed by atoms with Gasteiger partial charge >= 0.3 is 0 Å². The molecule has 0 saturated heterocycles. The quantitative estimate of drug-likeness (QED) is 0.887. The number of aliphatic hydroxyl groups is 1. The standard InChI is InChI=1S/C20H25NO3/c22-14-18(21-13-5-4-8-20(21)23)15-24-19-11-9-17(10-12-19)16-6-2-1-3-7-16/h1-8,13,17-19,22H,9-12,14-15H2/t17-,18?,19+. The van der Waals surface area contributed by atoms with Crippen molar-refractivity contribution in [2.24, 2.45) is 0 Å². The minimum absolute atomic E-state index is 0.0940. The molecule has 0 bridgehead atoms. The predicted octanol–water partition coefficient (Wildman–Crippen LogP) is 3.12. The highest BCUT2D eigenvalue weighted by Crippen LogP contribution is 2.34. The van der Waals surface area contributed by atoms with Gasteiger partial charge in [0.1, 0.15) is 0 Å². The Hall–Kier alpha value is -1.91. The van der Waals surface area contributed by atoms with E-state index in [1.54, 1.807) is 22.9 Å². The van der Waals surface area contributed by atoms with Crippen molar-refractivity contribution in [3.8, 4) is 0 Å². The van der Waals surface area contributed by atoms with Gasteiger partial charge in [0, 0.05) is 12.3 Å². The summed E-state index contributed by atoms with van der Waals surface area (Å²) in [5.41, 5.74) is 1.31. The van der Waals surface area contributed by atoms with Crippen molar-refractivity contribution < 1.29 is 9.84 Å². The van der Waals surface area contributed by atoms with Gasteiger partial charge in [-0.1, -0.05) is 36.4 Å². The van der Waals surface area contributed by atoms with E-state index in [9.17, 15) is 9.90 Å². The number of nitrogens with zero attached hydrogens (tertiary/aromatic N) is 1. The third kappa shape index (κ3) is 4.13. The molecule has 1 fully saturated rings. The van der Waals surface area contributed by atoms with Crippen LogP contribution in [0.1, 0.15) is 43.2 Å². The van der Waals surface area contributed by atoms with Crippen LogP contribution < -0.4 is 5.56 Å². The lowest BCUT2D eigenvalue weighted by Gasteiger charge is -2.30. The summed E-state index contributed by atoms with van der Waals surface area (Å²) in [4.78, 5) is 11.9. The molecular formula is C20H25NO3. The van der Waals surface area contributed by atoms with Crippen LogP contribution in [0.25, 0.3) is 0 Å². The Labute approximate surface area is 142 Å². The Kier molecular flexibility index (Phi) is 5.83. The zero-order chi connectivity index (χ0) is 16.8. The summed E-state index contributed by atoms with van der Waals surface area (Å²) < 4.78 is 7.56. The van der Waals surface area contributed by atoms with Crippen molar-refractivity contribution in [3.05, 3.63) is 70.6 Å². The summed E-state index contributed by atoms with van der Waals surface area (Å²) in [5.74, 6) is 0.622. The second kappa shape index (κ2) is 8.27. The number of ether oxygens (including phenoxy) is 1. The van der Waals surface area contributed by atoms with Crippen LogP contribution in [0, 0.1) is 0 Å². The molecule has 128 valence electrons. The van der Waals surface area contributed by atoms with Gasteiger partial charge in [-0.25, -0.2) is 0 Å². The smallest absolute Gasteiger partial charge is 0.250 e. The van der Waals surface area contributed by atoms with Crippen molar-refractivity contribution in [3.63, 3.8) is 0 Å². The molecule has 4 nitrogen and oxygen atoms in total. The first-order valence-corrected chi connectivity index (χ1v) is 8.72. The SMILES string of the molecule is O=c1ccccn1C(CO)CO[C@H]1CC[C@@H](c2ccccc2)CC1. The van der Waals surface area contributed by atoms with Crippen molar-refractivity contribution in [1.82, 2.24) is 4.57 Å². The van der Waals surface area contributed by atoms with Gasteiger partial charge in [-0.05, 0) is 43.2 Å². The molecule has 4 heteroatoms. The second-order valence-corrected chi connectivity index (χ2v) is 6.50. The first kappa shape index (κ1) is 16.9. The summed E-state index contributed by atoms with van der Waals surface area (Å²) in [6, 6.07) is 15.4. The maximum atomic E-state index is 11.9. The Bertz CT molecular complexity index is 675. The molecule has 1 aliphatic carbocycles. The van der Waals surface area contributed by atoms with E-state index in [-0.39, 0.29) is 24.3 Å². The summed E-state index contributed by atoms with van der Waals surface area (Å²) >= 11 is 0. The number of pyridine rings is 1. The molecule has 0 spiro atoms. The van der Waals surface area contributed by atoms with Crippen molar-refractivity contribution >= 4 is 0 Å². The van der Waals surface area contributed by atoms with Gasteiger partial charge in [-0.15, -0.1) is 0 Å². The lowest BCUT2D eigenvalue weighted by molar-refractivity contribution is -0.00325. The highest BCUT2D eigenvalue weighted by Gasteiger charge is 2.23. The van der Waals surface area contributed by atoms with Crippen molar-refractivity contribution in [2.75, 3.05) is 13.2 Å². The fraction of sp³-hybridized carbons (Fsp3) is 0.450. The molecule has 0 aliphatic heterocycles. The van der Waals surface area contributed by atoms with E-state index < -0.39 is 0 Å². The summed E-state index contributed by atoms with van der Waals surface area (Å²) in [5, 5.41) is 9.58. The third-order valence-electron chi connectivity index (χ3n) is 4.92. The number of benzene rings is 1. The molecule has 1 atom stereocenters. The predicted molar refractivity (Wildman–Crippen MR) is 94.2 cm³/mol. The number of hydrogen-bond acceptors (Lipinski definition) is 3. The van der Waals surface area contributed by atoms with Gasteiger partial charge in [0.2, 0.25) is 0 Å². The van der Waals surface area contributed by atoms with Gasteiger partial charge in [-0.3, -0.25) is 4.79 Å². The molecule has 0 radical (unpaired) electrons. The van der Waals surface area contributed by atoms with Gasteiger partial charge in [0.25, 0.3) is 5.56 Å². The molecule has 3 rings (SSSR count). The van der Waals surface area contributed by atoms with E-state index in [0.717, 1.165) is 25.7 Å². The van der Waals surface area contributed by atoms with E-state index in [1.807, 2.05) is 0 Å². The average Bonchev–Trinajstić information content (AvgIpc) is 2.65. The fourth-order valence-corrected chi connectivity index (χ4v) is 3.50. The minimum Gasteiger partial charge on any atom is -0.394 e. The number of aromatic nitrogens is 1. The molecule has 2 aromatic rings. The molecule has 1 N–H and O–H groups in total. The highest BCUT2D eigenvalue weighted by molar-refractivity contribution is 5.19. The van der Waals surface area contributed by atoms with E-state index >= 15 is 0 Å². The normalized spacial score (nSPS) is 22.2. The monoisotopic (exact) mass is 327 g/mol. The molecule has 1 aliphatic rings. The van der Waals surface area contributed by atoms with Crippen LogP contribution in [0.4, 0.5) is 0 Å². The number of rotatable bonds is 6. The lowest BCUT2D eigenvalue weighted by Crippen LogP contribution is -2.31. The summed E-state index contributed by atoms with van der Waals surface area (Å²) in [6.45, 7) is 0.282. The van der Waals surface area contributed by atoms with Gasteiger partial charge in [0.05, 0.1) is 25.4 Å². The van der Waals surface area contributed by atoms with E-state index in [4.69, 9.17) is 4.74 Å².